The number of nitro benzene ring substituents is 1. The summed E-state index contributed by atoms with van der Waals surface area (Å²) in [6, 6.07) is 4.51. The first-order valence-corrected chi connectivity index (χ1v) is 5.28. The normalized spacial score (nSPS) is 14.8. The number of rotatable bonds is 3. The Morgan fingerprint density at radius 2 is 2.00 bits per heavy atom. The van der Waals surface area contributed by atoms with E-state index in [-0.39, 0.29) is 18.1 Å². The molecule has 0 atom stereocenters. The highest BCUT2D eigenvalue weighted by atomic mass is 35.5. The van der Waals surface area contributed by atoms with E-state index in [1.54, 1.807) is 12.1 Å². The van der Waals surface area contributed by atoms with Gasteiger partial charge in [0.2, 0.25) is 0 Å². The number of hydrogen-bond acceptors (Lipinski definition) is 5. The quantitative estimate of drug-likeness (QED) is 0.475. The lowest BCUT2D eigenvalue weighted by Gasteiger charge is -2.28. The average molecular weight is 273 g/mol. The minimum absolute atomic E-state index is 0. The zero-order valence-corrected chi connectivity index (χ0v) is 10.4. The number of nitrogens with zero attached hydrogens (tertiary/aromatic N) is 2. The Bertz CT molecular complexity index is 447. The smallest absolute Gasteiger partial charge is 0.293 e. The molecule has 0 radical (unpaired) electrons. The highest BCUT2D eigenvalue weighted by Gasteiger charge is 2.21. The van der Waals surface area contributed by atoms with Crippen molar-refractivity contribution in [1.82, 2.24) is 0 Å². The fraction of sp³-hybridized carbons (Fsp3) is 0.364. The van der Waals surface area contributed by atoms with Crippen molar-refractivity contribution in [3.05, 3.63) is 33.9 Å². The number of halogens is 1. The molecule has 6 nitrogen and oxygen atoms in total. The number of hydrogen-bond donors (Lipinski definition) is 0. The second-order valence-electron chi connectivity index (χ2n) is 3.72. The largest absolute Gasteiger partial charge is 0.378 e. The number of carbonyl (C=O) groups excluding carboxylic acids is 1. The minimum Gasteiger partial charge on any atom is -0.378 e. The Kier molecular flexibility index (Phi) is 5.06. The molecule has 18 heavy (non-hydrogen) atoms. The lowest BCUT2D eigenvalue weighted by molar-refractivity contribution is -0.384. The average Bonchev–Trinajstić information content (AvgIpc) is 2.39. The molecule has 1 fully saturated rings. The van der Waals surface area contributed by atoms with Gasteiger partial charge < -0.3 is 9.64 Å². The first-order chi connectivity index (χ1) is 8.22. The summed E-state index contributed by atoms with van der Waals surface area (Å²) in [6.45, 7) is 2.38. The van der Waals surface area contributed by atoms with E-state index in [0.29, 0.717) is 43.8 Å². The molecule has 1 aromatic rings. The molecule has 1 heterocycles. The van der Waals surface area contributed by atoms with Crippen molar-refractivity contribution in [3.63, 3.8) is 0 Å². The van der Waals surface area contributed by atoms with Crippen LogP contribution >= 0.6 is 12.4 Å². The maximum Gasteiger partial charge on any atom is 0.293 e. The minimum atomic E-state index is -0.461. The van der Waals surface area contributed by atoms with Gasteiger partial charge in [0.25, 0.3) is 5.69 Å². The van der Waals surface area contributed by atoms with Gasteiger partial charge in [-0.25, -0.2) is 0 Å². The number of benzene rings is 1. The van der Waals surface area contributed by atoms with Gasteiger partial charge in [-0.15, -0.1) is 12.4 Å². The van der Waals surface area contributed by atoms with Crippen molar-refractivity contribution in [2.45, 2.75) is 0 Å². The van der Waals surface area contributed by atoms with Crippen LogP contribution in [0.3, 0.4) is 0 Å². The van der Waals surface area contributed by atoms with Crippen LogP contribution in [0.25, 0.3) is 0 Å². The molecular formula is C11H13ClN2O4. The molecule has 0 saturated carbocycles. The van der Waals surface area contributed by atoms with E-state index in [4.69, 9.17) is 4.74 Å². The van der Waals surface area contributed by atoms with Crippen LogP contribution in [0.15, 0.2) is 18.2 Å². The van der Waals surface area contributed by atoms with Gasteiger partial charge in [0.1, 0.15) is 12.0 Å². The maximum atomic E-state index is 11.0. The molecule has 0 aliphatic carbocycles. The standard InChI is InChI=1S/C11H12N2O4.ClH/c14-8-9-1-2-10(11(7-9)13(15)16)12-3-5-17-6-4-12;/h1-2,7-8H,3-6H2;1H. The molecule has 0 bridgehead atoms. The molecule has 1 saturated heterocycles. The van der Waals surface area contributed by atoms with Crippen LogP contribution < -0.4 is 4.90 Å². The van der Waals surface area contributed by atoms with E-state index in [0.717, 1.165) is 0 Å². The van der Waals surface area contributed by atoms with Crippen molar-refractivity contribution < 1.29 is 14.5 Å². The third kappa shape index (κ3) is 2.96. The van der Waals surface area contributed by atoms with Crippen molar-refractivity contribution in [2.75, 3.05) is 31.2 Å². The lowest BCUT2D eigenvalue weighted by Crippen LogP contribution is -2.36. The van der Waals surface area contributed by atoms with E-state index < -0.39 is 4.92 Å². The Morgan fingerprint density at radius 3 is 2.56 bits per heavy atom. The van der Waals surface area contributed by atoms with Crippen molar-refractivity contribution in [3.8, 4) is 0 Å². The van der Waals surface area contributed by atoms with Crippen LogP contribution in [0.4, 0.5) is 11.4 Å². The molecule has 0 amide bonds. The molecule has 2 rings (SSSR count). The van der Waals surface area contributed by atoms with E-state index in [2.05, 4.69) is 0 Å². The second kappa shape index (κ2) is 6.32. The van der Waals surface area contributed by atoms with E-state index in [1.807, 2.05) is 4.90 Å². The van der Waals surface area contributed by atoms with Gasteiger partial charge in [0.05, 0.1) is 18.1 Å². The summed E-state index contributed by atoms with van der Waals surface area (Å²) in [5, 5.41) is 11.0. The Balaban J connectivity index is 0.00000162. The summed E-state index contributed by atoms with van der Waals surface area (Å²) in [5.74, 6) is 0. The van der Waals surface area contributed by atoms with Crippen LogP contribution in [0.5, 0.6) is 0 Å². The maximum absolute atomic E-state index is 11.0. The van der Waals surface area contributed by atoms with E-state index in [9.17, 15) is 14.9 Å². The van der Waals surface area contributed by atoms with Crippen molar-refractivity contribution >= 4 is 30.1 Å². The lowest BCUT2D eigenvalue weighted by atomic mass is 10.1. The van der Waals surface area contributed by atoms with Gasteiger partial charge >= 0.3 is 0 Å². The predicted octanol–water partition coefficient (Wildman–Crippen LogP) is 1.67. The zero-order valence-electron chi connectivity index (χ0n) is 9.57. The molecule has 1 aliphatic heterocycles. The molecule has 98 valence electrons. The number of anilines is 1. The van der Waals surface area contributed by atoms with E-state index in [1.165, 1.54) is 6.07 Å². The van der Waals surface area contributed by atoms with Crippen molar-refractivity contribution in [1.29, 1.82) is 0 Å². The van der Waals surface area contributed by atoms with Crippen LogP contribution in [-0.4, -0.2) is 37.5 Å². The summed E-state index contributed by atoms with van der Waals surface area (Å²) in [5.41, 5.74) is 0.828. The van der Waals surface area contributed by atoms with Gasteiger partial charge in [-0.05, 0) is 12.1 Å². The fourth-order valence-corrected chi connectivity index (χ4v) is 1.83. The molecule has 7 heteroatoms. The Labute approximate surface area is 110 Å². The van der Waals surface area contributed by atoms with Gasteiger partial charge in [-0.1, -0.05) is 0 Å². The second-order valence-corrected chi connectivity index (χ2v) is 3.72. The molecule has 0 N–H and O–H groups in total. The molecule has 0 spiro atoms. The number of ether oxygens (including phenoxy) is 1. The van der Waals surface area contributed by atoms with Crippen LogP contribution in [0.2, 0.25) is 0 Å². The molecule has 0 unspecified atom stereocenters. The van der Waals surface area contributed by atoms with Crippen LogP contribution in [-0.2, 0) is 4.74 Å². The SMILES string of the molecule is Cl.O=Cc1ccc(N2CCOCC2)c([N+](=O)[O-])c1. The van der Waals surface area contributed by atoms with Gasteiger partial charge in [-0.2, -0.15) is 0 Å². The molecule has 0 aromatic heterocycles. The van der Waals surface area contributed by atoms with Gasteiger partial charge in [0.15, 0.2) is 0 Å². The summed E-state index contributed by atoms with van der Waals surface area (Å²) >= 11 is 0. The Morgan fingerprint density at radius 1 is 1.33 bits per heavy atom. The van der Waals surface area contributed by atoms with Crippen LogP contribution in [0.1, 0.15) is 10.4 Å². The van der Waals surface area contributed by atoms with Crippen LogP contribution in [0, 0.1) is 10.1 Å². The summed E-state index contributed by atoms with van der Waals surface area (Å²) in [6.07, 6.45) is 0.607. The third-order valence-electron chi connectivity index (χ3n) is 2.68. The number of nitro groups is 1. The highest BCUT2D eigenvalue weighted by molar-refractivity contribution is 5.85. The molecular weight excluding hydrogens is 260 g/mol. The zero-order chi connectivity index (χ0) is 12.3. The number of morpholine rings is 1. The predicted molar refractivity (Wildman–Crippen MR) is 68.8 cm³/mol. The monoisotopic (exact) mass is 272 g/mol. The molecule has 1 aromatic carbocycles. The summed E-state index contributed by atoms with van der Waals surface area (Å²) in [7, 11) is 0. The Hall–Kier alpha value is -1.66. The number of aldehydes is 1. The van der Waals surface area contributed by atoms with Gasteiger partial charge in [0, 0.05) is 24.7 Å². The third-order valence-corrected chi connectivity index (χ3v) is 2.68. The molecule has 1 aliphatic rings. The summed E-state index contributed by atoms with van der Waals surface area (Å²) < 4.78 is 5.20. The number of carbonyl (C=O) groups is 1. The summed E-state index contributed by atoms with van der Waals surface area (Å²) in [4.78, 5) is 23.0. The van der Waals surface area contributed by atoms with Gasteiger partial charge in [-0.3, -0.25) is 14.9 Å². The fourth-order valence-electron chi connectivity index (χ4n) is 1.83. The van der Waals surface area contributed by atoms with E-state index >= 15 is 0 Å². The van der Waals surface area contributed by atoms with Crippen molar-refractivity contribution in [2.24, 2.45) is 0 Å². The first-order valence-electron chi connectivity index (χ1n) is 5.28. The topological polar surface area (TPSA) is 72.7 Å². The first kappa shape index (κ1) is 14.4. The highest BCUT2D eigenvalue weighted by Crippen LogP contribution is 2.29.